The zero-order valence-corrected chi connectivity index (χ0v) is 12.1. The molecule has 0 saturated heterocycles. The first kappa shape index (κ1) is 14.6. The number of halogens is 1. The van der Waals surface area contributed by atoms with Crippen molar-refractivity contribution in [2.24, 2.45) is 5.73 Å². The van der Waals surface area contributed by atoms with Crippen LogP contribution in [0.4, 0.5) is 10.8 Å². The van der Waals surface area contributed by atoms with Crippen LogP contribution in [0.1, 0.15) is 16.1 Å². The minimum absolute atomic E-state index is 0.00448. The summed E-state index contributed by atoms with van der Waals surface area (Å²) in [5, 5.41) is 14.8. The van der Waals surface area contributed by atoms with E-state index in [0.717, 1.165) is 5.69 Å². The highest BCUT2D eigenvalue weighted by molar-refractivity contribution is 7.13. The second kappa shape index (κ2) is 6.08. The maximum Gasteiger partial charge on any atom is 0.339 e. The Kier molecular flexibility index (Phi) is 4.43. The summed E-state index contributed by atoms with van der Waals surface area (Å²) in [6, 6.07) is 2.86. The van der Waals surface area contributed by atoms with E-state index in [4.69, 9.17) is 27.2 Å². The van der Waals surface area contributed by atoms with Gasteiger partial charge in [0.1, 0.15) is 11.3 Å². The smallest absolute Gasteiger partial charge is 0.339 e. The van der Waals surface area contributed by atoms with Gasteiger partial charge in [0, 0.05) is 18.0 Å². The first-order chi connectivity index (χ1) is 9.55. The molecule has 0 spiro atoms. The van der Waals surface area contributed by atoms with E-state index in [1.807, 2.05) is 5.38 Å². The van der Waals surface area contributed by atoms with Crippen LogP contribution in [0.25, 0.3) is 0 Å². The molecule has 1 heterocycles. The Hall–Kier alpha value is -1.83. The van der Waals surface area contributed by atoms with E-state index < -0.39 is 5.97 Å². The highest BCUT2D eigenvalue weighted by Crippen LogP contribution is 2.33. The molecule has 6 nitrogen and oxygen atoms in total. The number of ether oxygens (including phenoxy) is 1. The third-order valence-corrected chi connectivity index (χ3v) is 3.64. The lowest BCUT2D eigenvalue weighted by atomic mass is 10.2. The molecule has 1 aromatic carbocycles. The summed E-state index contributed by atoms with van der Waals surface area (Å²) in [5.74, 6) is -0.880. The van der Waals surface area contributed by atoms with Gasteiger partial charge in [0.2, 0.25) is 0 Å². The fourth-order valence-electron chi connectivity index (χ4n) is 1.56. The number of nitrogens with two attached hydrogens (primary N) is 1. The van der Waals surface area contributed by atoms with Crippen molar-refractivity contribution in [3.63, 3.8) is 0 Å². The SMILES string of the molecule is COc1cc(Nc2nc(CN)cs2)c(Cl)cc1C(=O)O. The molecule has 0 radical (unpaired) electrons. The summed E-state index contributed by atoms with van der Waals surface area (Å²) in [6.07, 6.45) is 0. The van der Waals surface area contributed by atoms with Crippen LogP contribution in [0.2, 0.25) is 5.02 Å². The molecule has 8 heteroatoms. The van der Waals surface area contributed by atoms with Gasteiger partial charge in [0.25, 0.3) is 0 Å². The molecule has 2 aromatic rings. The molecule has 1 aromatic heterocycles. The Morgan fingerprint density at radius 1 is 1.60 bits per heavy atom. The number of thiazole rings is 1. The largest absolute Gasteiger partial charge is 0.496 e. The van der Waals surface area contributed by atoms with Crippen molar-refractivity contribution >= 4 is 39.7 Å². The predicted octanol–water partition coefficient (Wildman–Crippen LogP) is 2.71. The fraction of sp³-hybridized carbons (Fsp3) is 0.167. The molecule has 0 amide bonds. The van der Waals surface area contributed by atoms with Crippen LogP contribution in [0.15, 0.2) is 17.5 Å². The van der Waals surface area contributed by atoms with E-state index in [-0.39, 0.29) is 16.3 Å². The van der Waals surface area contributed by atoms with Crippen molar-refractivity contribution in [2.75, 3.05) is 12.4 Å². The van der Waals surface area contributed by atoms with E-state index in [1.165, 1.54) is 30.6 Å². The first-order valence-corrected chi connectivity index (χ1v) is 6.83. The molecule has 0 aliphatic rings. The third-order valence-electron chi connectivity index (χ3n) is 2.52. The summed E-state index contributed by atoms with van der Waals surface area (Å²) in [7, 11) is 1.40. The van der Waals surface area contributed by atoms with Gasteiger partial charge in [0.05, 0.1) is 23.5 Å². The van der Waals surface area contributed by atoms with Crippen molar-refractivity contribution in [1.29, 1.82) is 0 Å². The average molecular weight is 314 g/mol. The monoisotopic (exact) mass is 313 g/mol. The van der Waals surface area contributed by atoms with Crippen molar-refractivity contribution in [3.8, 4) is 5.75 Å². The van der Waals surface area contributed by atoms with Crippen LogP contribution in [0.5, 0.6) is 5.75 Å². The van der Waals surface area contributed by atoms with Crippen molar-refractivity contribution in [3.05, 3.63) is 33.8 Å². The maximum atomic E-state index is 11.1. The van der Waals surface area contributed by atoms with Gasteiger partial charge in [-0.3, -0.25) is 0 Å². The van der Waals surface area contributed by atoms with Gasteiger partial charge in [-0.15, -0.1) is 11.3 Å². The summed E-state index contributed by atoms with van der Waals surface area (Å²) in [5.41, 5.74) is 6.78. The maximum absolute atomic E-state index is 11.1. The Morgan fingerprint density at radius 2 is 2.35 bits per heavy atom. The quantitative estimate of drug-likeness (QED) is 0.785. The van der Waals surface area contributed by atoms with E-state index in [2.05, 4.69) is 10.3 Å². The van der Waals surface area contributed by atoms with Crippen LogP contribution in [-0.4, -0.2) is 23.2 Å². The molecule has 0 aliphatic carbocycles. The molecule has 0 aliphatic heterocycles. The number of anilines is 2. The van der Waals surface area contributed by atoms with Crippen molar-refractivity contribution in [2.45, 2.75) is 6.54 Å². The molecular weight excluding hydrogens is 302 g/mol. The lowest BCUT2D eigenvalue weighted by Gasteiger charge is -2.10. The number of aromatic nitrogens is 1. The molecule has 0 bridgehead atoms. The molecule has 2 rings (SSSR count). The fourth-order valence-corrected chi connectivity index (χ4v) is 2.50. The van der Waals surface area contributed by atoms with E-state index in [1.54, 1.807) is 0 Å². The lowest BCUT2D eigenvalue weighted by molar-refractivity contribution is 0.0693. The molecule has 106 valence electrons. The predicted molar refractivity (Wildman–Crippen MR) is 78.3 cm³/mol. The number of carboxylic acid groups (broad SMARTS) is 1. The number of nitrogens with zero attached hydrogens (tertiary/aromatic N) is 1. The molecular formula is C12H12ClN3O3S. The molecule has 0 saturated carbocycles. The van der Waals surface area contributed by atoms with Gasteiger partial charge in [-0.25, -0.2) is 9.78 Å². The Bertz CT molecular complexity index is 645. The molecule has 0 unspecified atom stereocenters. The number of aromatic carboxylic acids is 1. The van der Waals surface area contributed by atoms with Gasteiger partial charge in [-0.1, -0.05) is 11.6 Å². The van der Waals surface area contributed by atoms with Gasteiger partial charge < -0.3 is 20.9 Å². The third kappa shape index (κ3) is 3.01. The second-order valence-corrected chi connectivity index (χ2v) is 5.08. The topological polar surface area (TPSA) is 97.5 Å². The summed E-state index contributed by atoms with van der Waals surface area (Å²) >= 11 is 7.45. The van der Waals surface area contributed by atoms with Crippen LogP contribution in [0, 0.1) is 0 Å². The normalized spacial score (nSPS) is 10.3. The number of rotatable bonds is 5. The first-order valence-electron chi connectivity index (χ1n) is 5.57. The van der Waals surface area contributed by atoms with Gasteiger partial charge in [0.15, 0.2) is 5.13 Å². The Balaban J connectivity index is 2.34. The molecule has 0 atom stereocenters. The number of benzene rings is 1. The Labute approximate surface area is 124 Å². The minimum atomic E-state index is -1.10. The zero-order chi connectivity index (χ0) is 14.7. The highest BCUT2D eigenvalue weighted by atomic mass is 35.5. The number of carboxylic acids is 1. The standard InChI is InChI=1S/C12H12ClN3O3S/c1-19-10-3-9(8(13)2-7(10)11(17)18)16-12-15-6(4-14)5-20-12/h2-3,5H,4,14H2,1H3,(H,15,16)(H,17,18). The zero-order valence-electron chi connectivity index (χ0n) is 10.5. The van der Waals surface area contributed by atoms with Gasteiger partial charge >= 0.3 is 5.97 Å². The van der Waals surface area contributed by atoms with Crippen LogP contribution >= 0.6 is 22.9 Å². The van der Waals surface area contributed by atoms with Crippen molar-refractivity contribution < 1.29 is 14.6 Å². The summed E-state index contributed by atoms with van der Waals surface area (Å²) in [6.45, 7) is 0.354. The number of nitrogens with one attached hydrogen (secondary N) is 1. The highest BCUT2D eigenvalue weighted by Gasteiger charge is 2.15. The van der Waals surface area contributed by atoms with Crippen molar-refractivity contribution in [1.82, 2.24) is 4.98 Å². The number of carbonyl (C=O) groups is 1. The van der Waals surface area contributed by atoms with Crippen LogP contribution in [0.3, 0.4) is 0 Å². The number of hydrogen-bond donors (Lipinski definition) is 3. The van der Waals surface area contributed by atoms with Crippen LogP contribution in [-0.2, 0) is 6.54 Å². The van der Waals surface area contributed by atoms with E-state index >= 15 is 0 Å². The van der Waals surface area contributed by atoms with E-state index in [0.29, 0.717) is 17.4 Å². The lowest BCUT2D eigenvalue weighted by Crippen LogP contribution is -2.02. The summed E-state index contributed by atoms with van der Waals surface area (Å²) < 4.78 is 5.05. The molecule has 4 N–H and O–H groups in total. The Morgan fingerprint density at radius 3 is 2.90 bits per heavy atom. The van der Waals surface area contributed by atoms with Crippen LogP contribution < -0.4 is 15.8 Å². The van der Waals surface area contributed by atoms with E-state index in [9.17, 15) is 4.79 Å². The molecule has 20 heavy (non-hydrogen) atoms. The van der Waals surface area contributed by atoms with Gasteiger partial charge in [-0.2, -0.15) is 0 Å². The molecule has 0 fully saturated rings. The number of methoxy groups -OCH3 is 1. The van der Waals surface area contributed by atoms with Gasteiger partial charge in [-0.05, 0) is 6.07 Å². The summed E-state index contributed by atoms with van der Waals surface area (Å²) in [4.78, 5) is 15.3. The number of hydrogen-bond acceptors (Lipinski definition) is 6. The second-order valence-electron chi connectivity index (χ2n) is 3.81. The average Bonchev–Trinajstić information content (AvgIpc) is 2.88. The minimum Gasteiger partial charge on any atom is -0.496 e.